The summed E-state index contributed by atoms with van der Waals surface area (Å²) in [4.78, 5) is 39.3. The van der Waals surface area contributed by atoms with E-state index < -0.39 is 0 Å². The lowest BCUT2D eigenvalue weighted by molar-refractivity contribution is -0.125. The van der Waals surface area contributed by atoms with E-state index in [9.17, 15) is 9.59 Å². The zero-order chi connectivity index (χ0) is 19.2. The molecule has 8 heteroatoms. The summed E-state index contributed by atoms with van der Waals surface area (Å²) in [6.45, 7) is 5.51. The van der Waals surface area contributed by atoms with Crippen molar-refractivity contribution in [1.29, 1.82) is 0 Å². The van der Waals surface area contributed by atoms with Crippen LogP contribution in [-0.2, 0) is 11.3 Å². The fraction of sp³-hybridized carbons (Fsp3) is 0.421. The van der Waals surface area contributed by atoms with Crippen molar-refractivity contribution < 1.29 is 9.59 Å². The van der Waals surface area contributed by atoms with Gasteiger partial charge < -0.3 is 10.6 Å². The maximum absolute atomic E-state index is 12.5. The third-order valence-corrected chi connectivity index (χ3v) is 4.54. The minimum Gasteiger partial charge on any atom is -0.355 e. The lowest BCUT2D eigenvalue weighted by atomic mass is 10.1. The average molecular weight is 368 g/mol. The highest BCUT2D eigenvalue weighted by Crippen LogP contribution is 2.21. The number of nitrogens with one attached hydrogen (secondary N) is 2. The first kappa shape index (κ1) is 18.9. The van der Waals surface area contributed by atoms with Crippen LogP contribution >= 0.6 is 0 Å². The Balaban J connectivity index is 1.68. The maximum Gasteiger partial charge on any atom is 0.271 e. The van der Waals surface area contributed by atoms with Crippen LogP contribution < -0.4 is 10.6 Å². The Bertz CT molecular complexity index is 781. The van der Waals surface area contributed by atoms with Gasteiger partial charge in [-0.3, -0.25) is 24.5 Å². The molecule has 0 saturated carbocycles. The topological polar surface area (TPSA) is 100 Å². The van der Waals surface area contributed by atoms with E-state index in [1.807, 2.05) is 26.0 Å². The summed E-state index contributed by atoms with van der Waals surface area (Å²) in [5.41, 5.74) is 2.12. The van der Waals surface area contributed by atoms with Crippen molar-refractivity contribution >= 4 is 11.8 Å². The fourth-order valence-corrected chi connectivity index (χ4v) is 3.24. The van der Waals surface area contributed by atoms with E-state index in [-0.39, 0.29) is 29.6 Å². The number of aromatic nitrogens is 3. The van der Waals surface area contributed by atoms with E-state index in [1.54, 1.807) is 18.6 Å². The van der Waals surface area contributed by atoms with E-state index in [2.05, 4.69) is 30.5 Å². The van der Waals surface area contributed by atoms with Gasteiger partial charge in [0.05, 0.1) is 17.9 Å². The molecule has 0 spiro atoms. The van der Waals surface area contributed by atoms with Gasteiger partial charge in [0.2, 0.25) is 5.91 Å². The van der Waals surface area contributed by atoms with Gasteiger partial charge in [0.15, 0.2) is 0 Å². The first-order valence-electron chi connectivity index (χ1n) is 9.07. The molecule has 3 heterocycles. The quantitative estimate of drug-likeness (QED) is 0.778. The standard InChI is InChI=1S/C19H24N6O2/c1-3-21-19(27)17-8-15(12-25(17)11-14-4-6-20-7-5-14)24-18(26)16-10-22-13(2)9-23-16/h4-7,9-10,15,17H,3,8,11-12H2,1-2H3,(H,21,27)(H,24,26)/t15-,17+/m1/s1. The van der Waals surface area contributed by atoms with Gasteiger partial charge in [0, 0.05) is 44.3 Å². The molecule has 0 radical (unpaired) electrons. The molecule has 2 aromatic heterocycles. The van der Waals surface area contributed by atoms with Crippen molar-refractivity contribution in [1.82, 2.24) is 30.5 Å². The first-order chi connectivity index (χ1) is 13.1. The molecule has 0 aliphatic carbocycles. The molecular weight excluding hydrogens is 344 g/mol. The fourth-order valence-electron chi connectivity index (χ4n) is 3.24. The molecule has 8 nitrogen and oxygen atoms in total. The summed E-state index contributed by atoms with van der Waals surface area (Å²) in [7, 11) is 0. The number of likely N-dealkylation sites (N-methyl/N-ethyl adjacent to an activating group) is 1. The summed E-state index contributed by atoms with van der Waals surface area (Å²) in [6, 6.07) is 3.45. The van der Waals surface area contributed by atoms with Gasteiger partial charge in [-0.2, -0.15) is 0 Å². The number of pyridine rings is 1. The Morgan fingerprint density at radius 2 is 2.00 bits per heavy atom. The molecule has 1 aliphatic heterocycles. The lowest BCUT2D eigenvalue weighted by Gasteiger charge is -2.23. The summed E-state index contributed by atoms with van der Waals surface area (Å²) in [6.07, 6.45) is 7.07. The van der Waals surface area contributed by atoms with E-state index in [1.165, 1.54) is 6.20 Å². The summed E-state index contributed by atoms with van der Waals surface area (Å²) in [5, 5.41) is 5.87. The number of nitrogens with zero attached hydrogens (tertiary/aromatic N) is 4. The summed E-state index contributed by atoms with van der Waals surface area (Å²) >= 11 is 0. The van der Waals surface area contributed by atoms with Crippen molar-refractivity contribution in [2.75, 3.05) is 13.1 Å². The van der Waals surface area contributed by atoms with Crippen LogP contribution in [0, 0.1) is 6.92 Å². The molecule has 0 aromatic carbocycles. The van der Waals surface area contributed by atoms with Gasteiger partial charge in [-0.05, 0) is 38.0 Å². The molecule has 3 rings (SSSR count). The number of rotatable bonds is 6. The van der Waals surface area contributed by atoms with Crippen molar-refractivity contribution in [2.24, 2.45) is 0 Å². The van der Waals surface area contributed by atoms with Gasteiger partial charge in [-0.1, -0.05) is 0 Å². The molecule has 2 aromatic rings. The van der Waals surface area contributed by atoms with Crippen molar-refractivity contribution in [3.8, 4) is 0 Å². The molecule has 27 heavy (non-hydrogen) atoms. The Hall–Kier alpha value is -2.87. The van der Waals surface area contributed by atoms with Crippen LogP contribution in [0.5, 0.6) is 0 Å². The number of carbonyl (C=O) groups excluding carboxylic acids is 2. The zero-order valence-corrected chi connectivity index (χ0v) is 15.6. The highest BCUT2D eigenvalue weighted by Gasteiger charge is 2.37. The number of amides is 2. The summed E-state index contributed by atoms with van der Waals surface area (Å²) < 4.78 is 0. The number of carbonyl (C=O) groups is 2. The van der Waals surface area contributed by atoms with Crippen molar-refractivity contribution in [3.05, 3.63) is 53.9 Å². The van der Waals surface area contributed by atoms with Crippen LogP contribution in [0.2, 0.25) is 0 Å². The number of aryl methyl sites for hydroxylation is 1. The molecule has 2 amide bonds. The van der Waals surface area contributed by atoms with Gasteiger partial charge in [-0.15, -0.1) is 0 Å². The van der Waals surface area contributed by atoms with Gasteiger partial charge >= 0.3 is 0 Å². The molecule has 1 fully saturated rings. The smallest absolute Gasteiger partial charge is 0.271 e. The number of hydrogen-bond acceptors (Lipinski definition) is 6. The van der Waals surface area contributed by atoms with E-state index in [4.69, 9.17) is 0 Å². The van der Waals surface area contributed by atoms with Crippen LogP contribution in [0.25, 0.3) is 0 Å². The lowest BCUT2D eigenvalue weighted by Crippen LogP contribution is -2.42. The van der Waals surface area contributed by atoms with Gasteiger partial charge in [-0.25, -0.2) is 4.98 Å². The third-order valence-electron chi connectivity index (χ3n) is 4.54. The molecule has 1 saturated heterocycles. The molecule has 2 N–H and O–H groups in total. The Morgan fingerprint density at radius 3 is 2.67 bits per heavy atom. The van der Waals surface area contributed by atoms with Crippen LogP contribution in [0.3, 0.4) is 0 Å². The summed E-state index contributed by atoms with van der Waals surface area (Å²) in [5.74, 6) is -0.286. The highest BCUT2D eigenvalue weighted by molar-refractivity contribution is 5.92. The van der Waals surface area contributed by atoms with Gasteiger partial charge in [0.25, 0.3) is 5.91 Å². The van der Waals surface area contributed by atoms with Crippen LogP contribution in [0.4, 0.5) is 0 Å². The first-order valence-corrected chi connectivity index (χ1v) is 9.07. The Kier molecular flexibility index (Phi) is 6.08. The number of likely N-dealkylation sites (tertiary alicyclic amines) is 1. The SMILES string of the molecule is CCNC(=O)[C@@H]1C[C@@H](NC(=O)c2cnc(C)cn2)CN1Cc1ccncc1. The minimum absolute atomic E-state index is 0.0153. The normalized spacial score (nSPS) is 19.6. The molecule has 1 aliphatic rings. The van der Waals surface area contributed by atoms with E-state index in [0.717, 1.165) is 11.3 Å². The average Bonchev–Trinajstić information content (AvgIpc) is 3.05. The highest BCUT2D eigenvalue weighted by atomic mass is 16.2. The molecule has 0 unspecified atom stereocenters. The van der Waals surface area contributed by atoms with E-state index >= 15 is 0 Å². The molecular formula is C19H24N6O2. The van der Waals surface area contributed by atoms with Crippen molar-refractivity contribution in [2.45, 2.75) is 38.9 Å². The second-order valence-electron chi connectivity index (χ2n) is 6.64. The second-order valence-corrected chi connectivity index (χ2v) is 6.64. The van der Waals surface area contributed by atoms with Crippen LogP contribution in [0.15, 0.2) is 36.9 Å². The maximum atomic E-state index is 12.5. The number of hydrogen-bond donors (Lipinski definition) is 2. The predicted molar refractivity (Wildman–Crippen MR) is 99.8 cm³/mol. The van der Waals surface area contributed by atoms with Crippen LogP contribution in [0.1, 0.15) is 35.1 Å². The Labute approximate surface area is 158 Å². The zero-order valence-electron chi connectivity index (χ0n) is 15.6. The van der Waals surface area contributed by atoms with Crippen LogP contribution in [-0.4, -0.2) is 56.8 Å². The molecule has 2 atom stereocenters. The predicted octanol–water partition coefficient (Wildman–Crippen LogP) is 0.689. The van der Waals surface area contributed by atoms with E-state index in [0.29, 0.717) is 26.1 Å². The Morgan fingerprint density at radius 1 is 1.22 bits per heavy atom. The monoisotopic (exact) mass is 368 g/mol. The van der Waals surface area contributed by atoms with Crippen molar-refractivity contribution in [3.63, 3.8) is 0 Å². The third kappa shape index (κ3) is 4.85. The molecule has 0 bridgehead atoms. The molecule has 142 valence electrons. The minimum atomic E-state index is -0.285. The largest absolute Gasteiger partial charge is 0.355 e. The second kappa shape index (κ2) is 8.68. The van der Waals surface area contributed by atoms with Gasteiger partial charge in [0.1, 0.15) is 5.69 Å².